The molecule has 5 nitrogen and oxygen atoms in total. The summed E-state index contributed by atoms with van der Waals surface area (Å²) in [5.41, 5.74) is 0. The lowest BCUT2D eigenvalue weighted by atomic mass is 9.99. The molecule has 0 radical (unpaired) electrons. The molecule has 5 heteroatoms. The van der Waals surface area contributed by atoms with Crippen LogP contribution in [0.3, 0.4) is 0 Å². The van der Waals surface area contributed by atoms with E-state index in [1.165, 1.54) is 0 Å². The first-order valence-electron chi connectivity index (χ1n) is 5.93. The third-order valence-corrected chi connectivity index (χ3v) is 3.62. The molecule has 2 fully saturated rings. The smallest absolute Gasteiger partial charge is 0.242 e. The van der Waals surface area contributed by atoms with E-state index in [-0.39, 0.29) is 29.8 Å². The zero-order chi connectivity index (χ0) is 11.7. The molecule has 2 heterocycles. The van der Waals surface area contributed by atoms with Crippen molar-refractivity contribution in [3.05, 3.63) is 0 Å². The van der Waals surface area contributed by atoms with Gasteiger partial charge in [-0.1, -0.05) is 0 Å². The molecule has 0 aromatic heterocycles. The van der Waals surface area contributed by atoms with Gasteiger partial charge in [0, 0.05) is 19.1 Å². The summed E-state index contributed by atoms with van der Waals surface area (Å²) in [4.78, 5) is 25.5. The van der Waals surface area contributed by atoms with Crippen LogP contribution in [0.2, 0.25) is 0 Å². The fraction of sp³-hybridized carbons (Fsp3) is 0.818. The zero-order valence-corrected chi connectivity index (χ0v) is 9.82. The highest BCUT2D eigenvalue weighted by Gasteiger charge is 2.37. The van der Waals surface area contributed by atoms with Gasteiger partial charge in [0.25, 0.3) is 0 Å². The Bertz CT molecular complexity index is 306. The van der Waals surface area contributed by atoms with Gasteiger partial charge < -0.3 is 15.5 Å². The van der Waals surface area contributed by atoms with E-state index in [2.05, 4.69) is 10.6 Å². The van der Waals surface area contributed by atoms with Crippen molar-refractivity contribution >= 4 is 11.8 Å². The molecule has 2 rings (SSSR count). The Morgan fingerprint density at radius 2 is 2.12 bits per heavy atom. The van der Waals surface area contributed by atoms with Crippen molar-refractivity contribution in [2.75, 3.05) is 19.6 Å². The second-order valence-electron chi connectivity index (χ2n) is 4.64. The topological polar surface area (TPSA) is 61.4 Å². The molecule has 0 aromatic rings. The van der Waals surface area contributed by atoms with Gasteiger partial charge >= 0.3 is 0 Å². The maximum absolute atomic E-state index is 12.3. The maximum atomic E-state index is 12.3. The van der Waals surface area contributed by atoms with Crippen LogP contribution in [0.15, 0.2) is 0 Å². The van der Waals surface area contributed by atoms with E-state index in [0.29, 0.717) is 13.1 Å². The number of hydrogen-bond donors (Lipinski definition) is 2. The molecule has 2 aliphatic heterocycles. The predicted molar refractivity (Wildman–Crippen MR) is 59.8 cm³/mol. The van der Waals surface area contributed by atoms with Crippen LogP contribution in [0.1, 0.15) is 20.3 Å². The summed E-state index contributed by atoms with van der Waals surface area (Å²) in [6.07, 6.45) is 0.880. The SMILES string of the molecule is CC1NCCC1C(=O)N1CCNC(=O)C1C. The molecule has 3 atom stereocenters. The Hall–Kier alpha value is -1.10. The molecule has 16 heavy (non-hydrogen) atoms. The molecule has 0 bridgehead atoms. The largest absolute Gasteiger partial charge is 0.353 e. The summed E-state index contributed by atoms with van der Waals surface area (Å²) >= 11 is 0. The highest BCUT2D eigenvalue weighted by Crippen LogP contribution is 2.20. The average molecular weight is 225 g/mol. The summed E-state index contributed by atoms with van der Waals surface area (Å²) in [6, 6.07) is -0.0984. The van der Waals surface area contributed by atoms with Crippen LogP contribution >= 0.6 is 0 Å². The van der Waals surface area contributed by atoms with Crippen molar-refractivity contribution in [3.8, 4) is 0 Å². The first kappa shape index (κ1) is 11.4. The lowest BCUT2D eigenvalue weighted by molar-refractivity contribution is -0.145. The first-order chi connectivity index (χ1) is 7.61. The fourth-order valence-electron chi connectivity index (χ4n) is 2.49. The minimum atomic E-state index is -0.325. The van der Waals surface area contributed by atoms with Gasteiger partial charge in [0.15, 0.2) is 0 Å². The number of nitrogens with zero attached hydrogens (tertiary/aromatic N) is 1. The van der Waals surface area contributed by atoms with Crippen molar-refractivity contribution in [1.82, 2.24) is 15.5 Å². The van der Waals surface area contributed by atoms with E-state index in [1.807, 2.05) is 6.92 Å². The monoisotopic (exact) mass is 225 g/mol. The van der Waals surface area contributed by atoms with Gasteiger partial charge in [-0.3, -0.25) is 9.59 Å². The third kappa shape index (κ3) is 1.91. The fourth-order valence-corrected chi connectivity index (χ4v) is 2.49. The summed E-state index contributed by atoms with van der Waals surface area (Å²) in [5.74, 6) is 0.117. The maximum Gasteiger partial charge on any atom is 0.242 e. The minimum Gasteiger partial charge on any atom is -0.353 e. The van der Waals surface area contributed by atoms with E-state index in [9.17, 15) is 9.59 Å². The number of hydrogen-bond acceptors (Lipinski definition) is 3. The van der Waals surface area contributed by atoms with Gasteiger partial charge in [0.1, 0.15) is 6.04 Å². The van der Waals surface area contributed by atoms with E-state index in [0.717, 1.165) is 13.0 Å². The molecule has 90 valence electrons. The molecular formula is C11H19N3O2. The highest BCUT2D eigenvalue weighted by molar-refractivity contribution is 5.89. The molecule has 2 saturated heterocycles. The summed E-state index contributed by atoms with van der Waals surface area (Å²) in [7, 11) is 0. The van der Waals surface area contributed by atoms with Gasteiger partial charge in [0.05, 0.1) is 5.92 Å². The van der Waals surface area contributed by atoms with Crippen LogP contribution in [0.25, 0.3) is 0 Å². The first-order valence-corrected chi connectivity index (χ1v) is 5.93. The van der Waals surface area contributed by atoms with Crippen molar-refractivity contribution in [2.24, 2.45) is 5.92 Å². The van der Waals surface area contributed by atoms with E-state index in [1.54, 1.807) is 11.8 Å². The number of rotatable bonds is 1. The van der Waals surface area contributed by atoms with Crippen LogP contribution in [0, 0.1) is 5.92 Å². The van der Waals surface area contributed by atoms with Crippen LogP contribution in [0.4, 0.5) is 0 Å². The summed E-state index contributed by atoms with van der Waals surface area (Å²) in [6.45, 7) is 5.92. The molecule has 2 aliphatic rings. The molecule has 2 amide bonds. The number of carbonyl (C=O) groups excluding carboxylic acids is 2. The average Bonchev–Trinajstić information content (AvgIpc) is 2.68. The Labute approximate surface area is 95.6 Å². The van der Waals surface area contributed by atoms with Crippen molar-refractivity contribution in [2.45, 2.75) is 32.4 Å². The standard InChI is InChI=1S/C11H19N3O2/c1-7-9(3-4-12-7)11(16)14-6-5-13-10(15)8(14)2/h7-9,12H,3-6H2,1-2H3,(H,13,15). The number of amides is 2. The molecule has 0 aromatic carbocycles. The number of carbonyl (C=O) groups is 2. The Morgan fingerprint density at radius 3 is 2.75 bits per heavy atom. The van der Waals surface area contributed by atoms with Gasteiger partial charge in [-0.25, -0.2) is 0 Å². The second kappa shape index (κ2) is 4.41. The van der Waals surface area contributed by atoms with E-state index in [4.69, 9.17) is 0 Å². The molecule has 3 unspecified atom stereocenters. The highest BCUT2D eigenvalue weighted by atomic mass is 16.2. The molecular weight excluding hydrogens is 206 g/mol. The minimum absolute atomic E-state index is 0.0355. The van der Waals surface area contributed by atoms with Gasteiger partial charge in [-0.2, -0.15) is 0 Å². The van der Waals surface area contributed by atoms with Crippen LogP contribution in [-0.4, -0.2) is 48.4 Å². The van der Waals surface area contributed by atoms with Crippen molar-refractivity contribution in [3.63, 3.8) is 0 Å². The lowest BCUT2D eigenvalue weighted by Crippen LogP contribution is -2.57. The molecule has 0 aliphatic carbocycles. The number of piperazine rings is 1. The predicted octanol–water partition coefficient (Wildman–Crippen LogP) is -0.669. The lowest BCUT2D eigenvalue weighted by Gasteiger charge is -2.35. The summed E-state index contributed by atoms with van der Waals surface area (Å²) in [5, 5.41) is 6.04. The van der Waals surface area contributed by atoms with Crippen LogP contribution < -0.4 is 10.6 Å². The van der Waals surface area contributed by atoms with Crippen molar-refractivity contribution in [1.29, 1.82) is 0 Å². The van der Waals surface area contributed by atoms with E-state index >= 15 is 0 Å². The molecule has 0 saturated carbocycles. The Kier molecular flexibility index (Phi) is 3.14. The van der Waals surface area contributed by atoms with Crippen LogP contribution in [0.5, 0.6) is 0 Å². The Balaban J connectivity index is 2.05. The van der Waals surface area contributed by atoms with Gasteiger partial charge in [-0.05, 0) is 26.8 Å². The van der Waals surface area contributed by atoms with Gasteiger partial charge in [0.2, 0.25) is 11.8 Å². The quantitative estimate of drug-likeness (QED) is 0.622. The zero-order valence-electron chi connectivity index (χ0n) is 9.82. The Morgan fingerprint density at radius 1 is 1.38 bits per heavy atom. The van der Waals surface area contributed by atoms with E-state index < -0.39 is 0 Å². The summed E-state index contributed by atoms with van der Waals surface area (Å²) < 4.78 is 0. The second-order valence-corrected chi connectivity index (χ2v) is 4.64. The van der Waals surface area contributed by atoms with Crippen LogP contribution in [-0.2, 0) is 9.59 Å². The third-order valence-electron chi connectivity index (χ3n) is 3.62. The normalized spacial score (nSPS) is 35.0. The van der Waals surface area contributed by atoms with Gasteiger partial charge in [-0.15, -0.1) is 0 Å². The number of nitrogens with one attached hydrogen (secondary N) is 2. The van der Waals surface area contributed by atoms with Crippen molar-refractivity contribution < 1.29 is 9.59 Å². The molecule has 2 N–H and O–H groups in total. The molecule has 0 spiro atoms.